The van der Waals surface area contributed by atoms with E-state index < -0.39 is 6.04 Å². The van der Waals surface area contributed by atoms with Crippen LogP contribution in [0.15, 0.2) is 11.4 Å². The van der Waals surface area contributed by atoms with Gasteiger partial charge in [-0.2, -0.15) is 0 Å². The molecule has 0 saturated carbocycles. The topological polar surface area (TPSA) is 55.1 Å². The summed E-state index contributed by atoms with van der Waals surface area (Å²) in [5.41, 5.74) is 6.83. The number of carbonyl (C=O) groups excluding carboxylic acids is 1. The number of hydrogen-bond acceptors (Lipinski definition) is 3. The van der Waals surface area contributed by atoms with Crippen molar-refractivity contribution in [1.29, 1.82) is 0 Å². The highest BCUT2D eigenvalue weighted by Crippen LogP contribution is 2.33. The van der Waals surface area contributed by atoms with Crippen LogP contribution in [0, 0.1) is 0 Å². The van der Waals surface area contributed by atoms with Crippen molar-refractivity contribution in [3.05, 3.63) is 21.9 Å². The van der Waals surface area contributed by atoms with E-state index in [0.717, 1.165) is 19.3 Å². The van der Waals surface area contributed by atoms with Crippen LogP contribution >= 0.6 is 11.3 Å². The summed E-state index contributed by atoms with van der Waals surface area (Å²) in [5.74, 6) is -0.0564. The average molecular weight is 224 g/mol. The lowest BCUT2D eigenvalue weighted by atomic mass is 9.94. The van der Waals surface area contributed by atoms with Crippen LogP contribution in [0.25, 0.3) is 0 Å². The number of rotatable bonds is 2. The number of amides is 1. The zero-order valence-electron chi connectivity index (χ0n) is 8.82. The number of hydrogen-bond donors (Lipinski definition) is 2. The first-order chi connectivity index (χ1) is 7.18. The normalized spacial score (nSPS) is 21.9. The summed E-state index contributed by atoms with van der Waals surface area (Å²) in [6, 6.07) is 1.87. The lowest BCUT2D eigenvalue weighted by Crippen LogP contribution is -2.40. The van der Waals surface area contributed by atoms with Gasteiger partial charge in [0.2, 0.25) is 5.91 Å². The van der Waals surface area contributed by atoms with E-state index in [1.54, 1.807) is 18.3 Å². The molecule has 1 amide bonds. The van der Waals surface area contributed by atoms with Crippen LogP contribution in [0.2, 0.25) is 0 Å². The number of thiophene rings is 1. The molecule has 0 saturated heterocycles. The van der Waals surface area contributed by atoms with Crippen LogP contribution in [0.4, 0.5) is 0 Å². The molecule has 1 aromatic heterocycles. The van der Waals surface area contributed by atoms with Crippen molar-refractivity contribution in [2.45, 2.75) is 38.3 Å². The molecule has 1 heterocycles. The first kappa shape index (κ1) is 10.6. The Hall–Kier alpha value is -0.870. The van der Waals surface area contributed by atoms with Crippen molar-refractivity contribution in [1.82, 2.24) is 5.32 Å². The second-order valence-electron chi connectivity index (χ2n) is 4.04. The minimum absolute atomic E-state index is 0.0564. The molecule has 2 rings (SSSR count). The summed E-state index contributed by atoms with van der Waals surface area (Å²) >= 11 is 1.78. The van der Waals surface area contributed by atoms with Crippen LogP contribution in [0.5, 0.6) is 0 Å². The molecule has 0 radical (unpaired) electrons. The van der Waals surface area contributed by atoms with E-state index in [2.05, 4.69) is 16.8 Å². The van der Waals surface area contributed by atoms with E-state index in [0.29, 0.717) is 0 Å². The Morgan fingerprint density at radius 3 is 3.27 bits per heavy atom. The van der Waals surface area contributed by atoms with Gasteiger partial charge >= 0.3 is 0 Å². The molecule has 1 aromatic rings. The first-order valence-corrected chi connectivity index (χ1v) is 6.18. The maximum atomic E-state index is 11.5. The molecule has 82 valence electrons. The van der Waals surface area contributed by atoms with E-state index in [9.17, 15) is 4.79 Å². The van der Waals surface area contributed by atoms with Crippen LogP contribution < -0.4 is 11.1 Å². The number of aryl methyl sites for hydroxylation is 1. The van der Waals surface area contributed by atoms with Crippen LogP contribution in [-0.2, 0) is 11.2 Å². The quantitative estimate of drug-likeness (QED) is 0.801. The fraction of sp³-hybridized carbons (Fsp3) is 0.545. The summed E-state index contributed by atoms with van der Waals surface area (Å²) in [6.45, 7) is 1.71. The molecule has 0 bridgehead atoms. The van der Waals surface area contributed by atoms with Crippen molar-refractivity contribution in [2.75, 3.05) is 0 Å². The Bertz CT molecular complexity index is 359. The van der Waals surface area contributed by atoms with E-state index in [1.165, 1.54) is 10.4 Å². The third kappa shape index (κ3) is 2.21. The number of nitrogens with one attached hydrogen (secondary N) is 1. The van der Waals surface area contributed by atoms with Crippen molar-refractivity contribution in [2.24, 2.45) is 5.73 Å². The number of nitrogens with two attached hydrogens (primary N) is 1. The fourth-order valence-corrected chi connectivity index (χ4v) is 2.93. The molecular weight excluding hydrogens is 208 g/mol. The Labute approximate surface area is 93.7 Å². The minimum atomic E-state index is -0.422. The van der Waals surface area contributed by atoms with Gasteiger partial charge in [0.1, 0.15) is 0 Å². The van der Waals surface area contributed by atoms with E-state index in [4.69, 9.17) is 5.73 Å². The number of fused-ring (bicyclic) bond motifs is 1. The molecule has 0 fully saturated rings. The molecule has 0 aliphatic heterocycles. The van der Waals surface area contributed by atoms with Crippen molar-refractivity contribution >= 4 is 17.2 Å². The summed E-state index contributed by atoms with van der Waals surface area (Å²) < 4.78 is 0. The molecule has 3 nitrogen and oxygen atoms in total. The van der Waals surface area contributed by atoms with Crippen molar-refractivity contribution in [3.8, 4) is 0 Å². The summed E-state index contributed by atoms with van der Waals surface area (Å²) in [6.07, 6.45) is 3.33. The van der Waals surface area contributed by atoms with Crippen LogP contribution in [0.3, 0.4) is 0 Å². The molecule has 2 atom stereocenters. The van der Waals surface area contributed by atoms with Gasteiger partial charge in [0.15, 0.2) is 0 Å². The van der Waals surface area contributed by atoms with Crippen molar-refractivity contribution in [3.63, 3.8) is 0 Å². The van der Waals surface area contributed by atoms with Gasteiger partial charge in [-0.3, -0.25) is 4.79 Å². The van der Waals surface area contributed by atoms with Crippen LogP contribution in [0.1, 0.15) is 36.2 Å². The molecule has 1 aliphatic rings. The highest BCUT2D eigenvalue weighted by atomic mass is 32.1. The van der Waals surface area contributed by atoms with Gasteiger partial charge in [-0.15, -0.1) is 11.3 Å². The Morgan fingerprint density at radius 1 is 1.73 bits per heavy atom. The zero-order chi connectivity index (χ0) is 10.8. The maximum absolute atomic E-state index is 11.5. The van der Waals surface area contributed by atoms with Crippen LogP contribution in [-0.4, -0.2) is 11.9 Å². The molecule has 0 aromatic carbocycles. The summed E-state index contributed by atoms with van der Waals surface area (Å²) in [4.78, 5) is 12.9. The third-order valence-corrected chi connectivity index (χ3v) is 3.78. The summed E-state index contributed by atoms with van der Waals surface area (Å²) in [5, 5.41) is 5.10. The predicted octanol–water partition coefficient (Wildman–Crippen LogP) is 1.59. The molecule has 1 aliphatic carbocycles. The molecule has 15 heavy (non-hydrogen) atoms. The monoisotopic (exact) mass is 224 g/mol. The van der Waals surface area contributed by atoms with Crippen molar-refractivity contribution < 1.29 is 4.79 Å². The Balaban J connectivity index is 2.10. The fourth-order valence-electron chi connectivity index (χ4n) is 1.94. The smallest absolute Gasteiger partial charge is 0.237 e. The zero-order valence-corrected chi connectivity index (χ0v) is 9.64. The van der Waals surface area contributed by atoms with Gasteiger partial charge in [-0.05, 0) is 43.2 Å². The third-order valence-electron chi connectivity index (χ3n) is 2.78. The van der Waals surface area contributed by atoms with E-state index in [1.807, 2.05) is 0 Å². The Kier molecular flexibility index (Phi) is 3.07. The van der Waals surface area contributed by atoms with Gasteiger partial charge in [0, 0.05) is 4.88 Å². The highest BCUT2D eigenvalue weighted by Gasteiger charge is 2.23. The highest BCUT2D eigenvalue weighted by molar-refractivity contribution is 7.10. The SMILES string of the molecule is CC(N)C(=O)NC1CCCc2sccc21. The summed E-state index contributed by atoms with van der Waals surface area (Å²) in [7, 11) is 0. The van der Waals surface area contributed by atoms with Gasteiger partial charge in [0.05, 0.1) is 12.1 Å². The van der Waals surface area contributed by atoms with Gasteiger partial charge in [-0.1, -0.05) is 0 Å². The molecular formula is C11H16N2OS. The second-order valence-corrected chi connectivity index (χ2v) is 5.04. The Morgan fingerprint density at radius 2 is 2.53 bits per heavy atom. The lowest BCUT2D eigenvalue weighted by molar-refractivity contribution is -0.122. The van der Waals surface area contributed by atoms with Gasteiger partial charge < -0.3 is 11.1 Å². The molecule has 4 heteroatoms. The number of carbonyl (C=O) groups is 1. The predicted molar refractivity (Wildman–Crippen MR) is 61.8 cm³/mol. The van der Waals surface area contributed by atoms with E-state index in [-0.39, 0.29) is 11.9 Å². The average Bonchev–Trinajstić information content (AvgIpc) is 2.66. The standard InChI is InChI=1S/C11H16N2OS/c1-7(12)11(14)13-9-3-2-4-10-8(9)5-6-15-10/h5-7,9H,2-4,12H2,1H3,(H,13,14). The minimum Gasteiger partial charge on any atom is -0.348 e. The second kappa shape index (κ2) is 4.33. The molecule has 0 spiro atoms. The first-order valence-electron chi connectivity index (χ1n) is 5.30. The van der Waals surface area contributed by atoms with Gasteiger partial charge in [0.25, 0.3) is 0 Å². The molecule has 2 unspecified atom stereocenters. The maximum Gasteiger partial charge on any atom is 0.237 e. The lowest BCUT2D eigenvalue weighted by Gasteiger charge is -2.24. The van der Waals surface area contributed by atoms with E-state index >= 15 is 0 Å². The molecule has 3 N–H and O–H groups in total. The van der Waals surface area contributed by atoms with Gasteiger partial charge in [-0.25, -0.2) is 0 Å². The largest absolute Gasteiger partial charge is 0.348 e.